The van der Waals surface area contributed by atoms with Crippen LogP contribution in [-0.2, 0) is 6.42 Å². The number of benzene rings is 1. The largest absolute Gasteiger partial charge is 0.454 e. The summed E-state index contributed by atoms with van der Waals surface area (Å²) in [6.07, 6.45) is 7.98. The van der Waals surface area contributed by atoms with Gasteiger partial charge in [-0.25, -0.2) is 0 Å². The van der Waals surface area contributed by atoms with Crippen LogP contribution in [0.25, 0.3) is 0 Å². The van der Waals surface area contributed by atoms with E-state index < -0.39 is 0 Å². The summed E-state index contributed by atoms with van der Waals surface area (Å²) in [5, 5.41) is 10.4. The monoisotopic (exact) mass is 324 g/mol. The summed E-state index contributed by atoms with van der Waals surface area (Å²) in [6.45, 7) is 0.277. The molecule has 0 radical (unpaired) electrons. The maximum atomic E-state index is 10.4. The van der Waals surface area contributed by atoms with Gasteiger partial charge in [0.1, 0.15) is 0 Å². The topological polar surface area (TPSA) is 38.7 Å². The number of halogens is 1. The smallest absolute Gasteiger partial charge is 0.231 e. The van der Waals surface area contributed by atoms with Crippen LogP contribution in [0.1, 0.15) is 24.8 Å². The van der Waals surface area contributed by atoms with E-state index in [-0.39, 0.29) is 18.8 Å². The molecule has 0 saturated carbocycles. The molecule has 0 fully saturated rings. The van der Waals surface area contributed by atoms with Gasteiger partial charge in [0.2, 0.25) is 6.79 Å². The van der Waals surface area contributed by atoms with Crippen molar-refractivity contribution in [2.45, 2.75) is 31.8 Å². The van der Waals surface area contributed by atoms with Crippen LogP contribution in [0.15, 0.2) is 28.8 Å². The third-order valence-corrected chi connectivity index (χ3v) is 4.49. The molecule has 3 rings (SSSR count). The van der Waals surface area contributed by atoms with Crippen LogP contribution in [0.2, 0.25) is 0 Å². The van der Waals surface area contributed by atoms with Crippen molar-refractivity contribution in [3.05, 3.63) is 34.3 Å². The lowest BCUT2D eigenvalue weighted by molar-refractivity contribution is 0.122. The van der Waals surface area contributed by atoms with Gasteiger partial charge in [0, 0.05) is 16.8 Å². The maximum absolute atomic E-state index is 10.4. The van der Waals surface area contributed by atoms with Gasteiger partial charge in [-0.1, -0.05) is 28.1 Å². The van der Waals surface area contributed by atoms with Crippen molar-refractivity contribution in [2.75, 3.05) is 6.79 Å². The lowest BCUT2D eigenvalue weighted by Gasteiger charge is -2.23. The van der Waals surface area contributed by atoms with E-state index in [4.69, 9.17) is 9.47 Å². The lowest BCUT2D eigenvalue weighted by Crippen LogP contribution is -2.22. The molecular formula is C15H17BrO3. The Bertz CT molecular complexity index is 498. The number of allylic oxidation sites excluding steroid dienone is 1. The molecule has 1 N–H and O–H groups in total. The number of hydrogen-bond acceptors (Lipinski definition) is 3. The van der Waals surface area contributed by atoms with Crippen LogP contribution in [-0.4, -0.2) is 18.0 Å². The minimum absolute atomic E-state index is 0.270. The van der Waals surface area contributed by atoms with Gasteiger partial charge in [-0.3, -0.25) is 0 Å². The number of fused-ring (bicyclic) bond motifs is 1. The molecule has 2 atom stereocenters. The summed E-state index contributed by atoms with van der Waals surface area (Å²) in [6, 6.07) is 3.88. The second kappa shape index (κ2) is 5.55. The van der Waals surface area contributed by atoms with E-state index in [2.05, 4.69) is 28.1 Å². The molecule has 1 aliphatic carbocycles. The molecule has 0 aromatic heterocycles. The van der Waals surface area contributed by atoms with E-state index in [9.17, 15) is 5.11 Å². The first-order valence-corrected chi connectivity index (χ1v) is 7.46. The Balaban J connectivity index is 1.75. The fourth-order valence-electron chi connectivity index (χ4n) is 2.65. The van der Waals surface area contributed by atoms with E-state index in [0.717, 1.165) is 34.4 Å². The van der Waals surface area contributed by atoms with Crippen LogP contribution in [0, 0.1) is 5.92 Å². The van der Waals surface area contributed by atoms with Crippen molar-refractivity contribution in [3.8, 4) is 11.5 Å². The average molecular weight is 325 g/mol. The molecule has 0 unspecified atom stereocenters. The summed E-state index contributed by atoms with van der Waals surface area (Å²) in [7, 11) is 0. The van der Waals surface area contributed by atoms with Crippen molar-refractivity contribution in [1.82, 2.24) is 0 Å². The number of aliphatic hydroxyl groups excluding tert-OH is 1. The van der Waals surface area contributed by atoms with Gasteiger partial charge in [0.15, 0.2) is 11.5 Å². The SMILES string of the molecule is O[C@H](Cc1cc2c(cc1Br)OCO2)[C@@H]1C=CCCC1. The molecular weight excluding hydrogens is 308 g/mol. The number of hydrogen-bond donors (Lipinski definition) is 1. The third-order valence-electron chi connectivity index (χ3n) is 3.76. The summed E-state index contributed by atoms with van der Waals surface area (Å²) >= 11 is 3.54. The molecule has 0 saturated heterocycles. The summed E-state index contributed by atoms with van der Waals surface area (Å²) in [5.41, 5.74) is 1.07. The van der Waals surface area contributed by atoms with Crippen LogP contribution in [0.3, 0.4) is 0 Å². The first-order valence-electron chi connectivity index (χ1n) is 6.67. The van der Waals surface area contributed by atoms with Crippen LogP contribution < -0.4 is 9.47 Å². The van der Waals surface area contributed by atoms with E-state index >= 15 is 0 Å². The fourth-order valence-corrected chi connectivity index (χ4v) is 3.14. The van der Waals surface area contributed by atoms with E-state index in [1.165, 1.54) is 6.42 Å². The zero-order valence-corrected chi connectivity index (χ0v) is 12.2. The zero-order valence-electron chi connectivity index (χ0n) is 10.6. The first-order chi connectivity index (χ1) is 9.24. The van der Waals surface area contributed by atoms with Gasteiger partial charge in [-0.05, 0) is 37.0 Å². The highest BCUT2D eigenvalue weighted by molar-refractivity contribution is 9.10. The standard InChI is InChI=1S/C15H17BrO3/c16-12-8-15-14(18-9-19-15)7-11(12)6-13(17)10-4-2-1-3-5-10/h2,4,7-8,10,13,17H,1,3,5-6,9H2/t10-,13-/m1/s1. The van der Waals surface area contributed by atoms with E-state index in [1.807, 2.05) is 12.1 Å². The molecule has 1 aliphatic heterocycles. The lowest BCUT2D eigenvalue weighted by atomic mass is 9.88. The highest BCUT2D eigenvalue weighted by Gasteiger charge is 2.22. The van der Waals surface area contributed by atoms with E-state index in [1.54, 1.807) is 0 Å². The van der Waals surface area contributed by atoms with Gasteiger partial charge in [-0.15, -0.1) is 0 Å². The second-order valence-corrected chi connectivity index (χ2v) is 5.95. The Kier molecular flexibility index (Phi) is 3.80. The minimum Gasteiger partial charge on any atom is -0.454 e. The van der Waals surface area contributed by atoms with Gasteiger partial charge in [0.25, 0.3) is 0 Å². The van der Waals surface area contributed by atoms with Crippen molar-refractivity contribution in [1.29, 1.82) is 0 Å². The number of aliphatic hydroxyl groups is 1. The fraction of sp³-hybridized carbons (Fsp3) is 0.467. The molecule has 4 heteroatoms. The zero-order chi connectivity index (χ0) is 13.2. The van der Waals surface area contributed by atoms with Crippen molar-refractivity contribution < 1.29 is 14.6 Å². The molecule has 1 aromatic carbocycles. The quantitative estimate of drug-likeness (QED) is 0.865. The minimum atomic E-state index is -0.340. The molecule has 1 heterocycles. The molecule has 0 amide bonds. The predicted octanol–water partition coefficient (Wildman–Crippen LogP) is 3.44. The number of rotatable bonds is 3. The van der Waals surface area contributed by atoms with Gasteiger partial charge >= 0.3 is 0 Å². The molecule has 2 aliphatic rings. The normalized spacial score (nSPS) is 22.5. The Hall–Kier alpha value is -1.00. The van der Waals surface area contributed by atoms with Crippen LogP contribution in [0.4, 0.5) is 0 Å². The van der Waals surface area contributed by atoms with E-state index in [0.29, 0.717) is 6.42 Å². The maximum Gasteiger partial charge on any atom is 0.231 e. The highest BCUT2D eigenvalue weighted by atomic mass is 79.9. The van der Waals surface area contributed by atoms with Crippen molar-refractivity contribution in [3.63, 3.8) is 0 Å². The predicted molar refractivity (Wildman–Crippen MR) is 76.5 cm³/mol. The summed E-state index contributed by atoms with van der Waals surface area (Å²) in [4.78, 5) is 0. The van der Waals surface area contributed by atoms with Gasteiger partial charge in [0.05, 0.1) is 6.10 Å². The Morgan fingerprint density at radius 2 is 2.11 bits per heavy atom. The van der Waals surface area contributed by atoms with Crippen LogP contribution >= 0.6 is 15.9 Å². The molecule has 0 bridgehead atoms. The van der Waals surface area contributed by atoms with Gasteiger partial charge < -0.3 is 14.6 Å². The van der Waals surface area contributed by atoms with Crippen molar-refractivity contribution >= 4 is 15.9 Å². The van der Waals surface area contributed by atoms with Gasteiger partial charge in [-0.2, -0.15) is 0 Å². The molecule has 0 spiro atoms. The van der Waals surface area contributed by atoms with Crippen LogP contribution in [0.5, 0.6) is 11.5 Å². The Labute approximate surface area is 121 Å². The molecule has 3 nitrogen and oxygen atoms in total. The number of ether oxygens (including phenoxy) is 2. The summed E-state index contributed by atoms with van der Waals surface area (Å²) in [5.74, 6) is 1.80. The molecule has 1 aromatic rings. The Morgan fingerprint density at radius 1 is 1.32 bits per heavy atom. The molecule has 102 valence electrons. The van der Waals surface area contributed by atoms with Crippen molar-refractivity contribution in [2.24, 2.45) is 5.92 Å². The average Bonchev–Trinajstić information content (AvgIpc) is 2.87. The Morgan fingerprint density at radius 3 is 2.84 bits per heavy atom. The third kappa shape index (κ3) is 2.79. The highest BCUT2D eigenvalue weighted by Crippen LogP contribution is 2.38. The second-order valence-electron chi connectivity index (χ2n) is 5.09. The first kappa shape index (κ1) is 13.0. The molecule has 19 heavy (non-hydrogen) atoms. The summed E-state index contributed by atoms with van der Waals surface area (Å²) < 4.78 is 11.7.